The number of carbonyl (C=O) groups is 2. The quantitative estimate of drug-likeness (QED) is 0.619. The summed E-state index contributed by atoms with van der Waals surface area (Å²) in [6, 6.07) is 13.1. The summed E-state index contributed by atoms with van der Waals surface area (Å²) in [5.41, 5.74) is 0.924. The Morgan fingerprint density at radius 1 is 0.733 bits per heavy atom. The summed E-state index contributed by atoms with van der Waals surface area (Å²) in [4.78, 5) is 25.3. The van der Waals surface area contributed by atoms with Gasteiger partial charge in [0.25, 0.3) is 11.7 Å². The molecule has 10 heteroatoms. The van der Waals surface area contributed by atoms with Crippen LogP contribution in [0.5, 0.6) is 0 Å². The molecular formula is C20H18Cl2N4O4. The second kappa shape index (κ2) is 9.60. The Hall–Kier alpha value is -3.10. The van der Waals surface area contributed by atoms with Crippen molar-refractivity contribution in [3.05, 3.63) is 58.6 Å². The normalized spacial score (nSPS) is 13.5. The average molecular weight is 449 g/mol. The Bertz CT molecular complexity index is 909. The number of hydrogen-bond donors (Lipinski definition) is 0. The molecule has 156 valence electrons. The molecule has 0 atom stereocenters. The van der Waals surface area contributed by atoms with E-state index in [0.29, 0.717) is 21.4 Å². The zero-order valence-electron chi connectivity index (χ0n) is 16.2. The van der Waals surface area contributed by atoms with Crippen molar-refractivity contribution < 1.29 is 19.1 Å². The van der Waals surface area contributed by atoms with Gasteiger partial charge in [-0.15, -0.1) is 10.2 Å². The molecule has 30 heavy (non-hydrogen) atoms. The van der Waals surface area contributed by atoms with Crippen LogP contribution in [0.15, 0.2) is 58.7 Å². The van der Waals surface area contributed by atoms with Crippen LogP contribution in [0, 0.1) is 0 Å². The number of ether oxygens (including phenoxy) is 2. The number of nitrogens with zero attached hydrogens (tertiary/aromatic N) is 4. The molecule has 0 saturated heterocycles. The van der Waals surface area contributed by atoms with Crippen molar-refractivity contribution in [3.8, 4) is 0 Å². The van der Waals surface area contributed by atoms with Crippen molar-refractivity contribution in [1.29, 1.82) is 0 Å². The molecule has 2 aromatic carbocycles. The van der Waals surface area contributed by atoms with Crippen LogP contribution in [0.1, 0.15) is 13.8 Å². The molecule has 0 amide bonds. The lowest BCUT2D eigenvalue weighted by molar-refractivity contribution is -0.136. The lowest BCUT2D eigenvalue weighted by Gasteiger charge is -2.30. The van der Waals surface area contributed by atoms with Crippen LogP contribution >= 0.6 is 23.2 Å². The predicted octanol–water partition coefficient (Wildman–Crippen LogP) is 4.07. The lowest BCUT2D eigenvalue weighted by atomic mass is 10.3. The number of esters is 2. The molecule has 0 radical (unpaired) electrons. The summed E-state index contributed by atoms with van der Waals surface area (Å²) >= 11 is 11.9. The van der Waals surface area contributed by atoms with Crippen molar-refractivity contribution in [2.75, 3.05) is 23.2 Å². The summed E-state index contributed by atoms with van der Waals surface area (Å²) in [5, 5.41) is 12.2. The van der Waals surface area contributed by atoms with Gasteiger partial charge in [-0.25, -0.2) is 19.6 Å². The summed E-state index contributed by atoms with van der Waals surface area (Å²) < 4.78 is 10.3. The van der Waals surface area contributed by atoms with Crippen LogP contribution in [0.4, 0.5) is 11.4 Å². The zero-order valence-corrected chi connectivity index (χ0v) is 17.7. The monoisotopic (exact) mass is 448 g/mol. The number of hydrazone groups is 2. The van der Waals surface area contributed by atoms with Crippen molar-refractivity contribution in [2.24, 2.45) is 10.2 Å². The third-order valence-electron chi connectivity index (χ3n) is 3.85. The van der Waals surface area contributed by atoms with Crippen LogP contribution < -0.4 is 10.0 Å². The van der Waals surface area contributed by atoms with E-state index >= 15 is 0 Å². The average Bonchev–Trinajstić information content (AvgIpc) is 2.74. The Kier molecular flexibility index (Phi) is 6.91. The van der Waals surface area contributed by atoms with Gasteiger partial charge in [0, 0.05) is 10.0 Å². The highest BCUT2D eigenvalue weighted by Crippen LogP contribution is 2.26. The fourth-order valence-electron chi connectivity index (χ4n) is 2.54. The Balaban J connectivity index is 2.14. The molecule has 0 N–H and O–H groups in total. The van der Waals surface area contributed by atoms with Crippen LogP contribution in [0.2, 0.25) is 10.0 Å². The summed E-state index contributed by atoms with van der Waals surface area (Å²) in [7, 11) is 0. The highest BCUT2D eigenvalue weighted by atomic mass is 35.5. The first kappa shape index (κ1) is 21.6. The molecule has 0 bridgehead atoms. The molecule has 2 aromatic rings. The number of amidine groups is 2. The molecular weight excluding hydrogens is 431 g/mol. The molecule has 1 aliphatic heterocycles. The maximum Gasteiger partial charge on any atom is 0.378 e. The molecule has 1 heterocycles. The fourth-order valence-corrected chi connectivity index (χ4v) is 2.79. The van der Waals surface area contributed by atoms with E-state index in [0.717, 1.165) is 0 Å². The third-order valence-corrected chi connectivity index (χ3v) is 4.35. The molecule has 1 aliphatic rings. The highest BCUT2D eigenvalue weighted by molar-refractivity contribution is 6.47. The van der Waals surface area contributed by atoms with Crippen molar-refractivity contribution >= 4 is 58.2 Å². The van der Waals surface area contributed by atoms with E-state index in [9.17, 15) is 9.59 Å². The molecule has 0 unspecified atom stereocenters. The van der Waals surface area contributed by atoms with Gasteiger partial charge < -0.3 is 9.47 Å². The molecule has 3 rings (SSSR count). The standard InChI is InChI=1S/C20H18Cl2N4O4/c1-3-29-19(27)17-23-26(16-11-7-14(22)8-12-16)18(20(28)30-4-2)24-25(17)15-9-5-13(21)6-10-15/h5-12H,3-4H2,1-2H3. The van der Waals surface area contributed by atoms with Gasteiger partial charge in [-0.05, 0) is 62.4 Å². The first-order chi connectivity index (χ1) is 14.4. The maximum absolute atomic E-state index is 12.6. The van der Waals surface area contributed by atoms with Crippen molar-refractivity contribution in [3.63, 3.8) is 0 Å². The Labute approximate surface area is 183 Å². The Morgan fingerprint density at radius 3 is 1.37 bits per heavy atom. The van der Waals surface area contributed by atoms with Crippen molar-refractivity contribution in [1.82, 2.24) is 0 Å². The van der Waals surface area contributed by atoms with Gasteiger partial charge in [0.15, 0.2) is 0 Å². The van der Waals surface area contributed by atoms with Gasteiger partial charge in [0.2, 0.25) is 0 Å². The van der Waals surface area contributed by atoms with E-state index in [1.807, 2.05) is 0 Å². The first-order valence-electron chi connectivity index (χ1n) is 9.07. The molecule has 8 nitrogen and oxygen atoms in total. The number of carbonyl (C=O) groups excluding carboxylic acids is 2. The third kappa shape index (κ3) is 4.72. The highest BCUT2D eigenvalue weighted by Gasteiger charge is 2.34. The van der Waals surface area contributed by atoms with Crippen molar-refractivity contribution in [2.45, 2.75) is 13.8 Å². The van der Waals surface area contributed by atoms with Gasteiger partial charge in [-0.1, -0.05) is 23.2 Å². The van der Waals surface area contributed by atoms with Gasteiger partial charge in [-0.3, -0.25) is 0 Å². The first-order valence-corrected chi connectivity index (χ1v) is 9.83. The van der Waals surface area contributed by atoms with Crippen LogP contribution in [-0.2, 0) is 19.1 Å². The van der Waals surface area contributed by atoms with Crippen LogP contribution in [-0.4, -0.2) is 36.8 Å². The summed E-state index contributed by atoms with van der Waals surface area (Å²) in [6.45, 7) is 3.64. The molecule has 0 aromatic heterocycles. The topological polar surface area (TPSA) is 83.8 Å². The number of benzene rings is 2. The molecule has 0 spiro atoms. The van der Waals surface area contributed by atoms with Gasteiger partial charge in [-0.2, -0.15) is 0 Å². The summed E-state index contributed by atoms with van der Waals surface area (Å²) in [5.74, 6) is -1.69. The smallest absolute Gasteiger partial charge is 0.378 e. The number of hydrogen-bond acceptors (Lipinski definition) is 8. The molecule has 0 aliphatic carbocycles. The van der Waals surface area contributed by atoms with Gasteiger partial charge in [0.1, 0.15) is 0 Å². The predicted molar refractivity (Wildman–Crippen MR) is 116 cm³/mol. The SMILES string of the molecule is CCOC(=O)C1=NN(c2ccc(Cl)cc2)C(C(=O)OCC)=NN1c1ccc(Cl)cc1. The second-order valence-electron chi connectivity index (χ2n) is 5.86. The number of anilines is 2. The van der Waals surface area contributed by atoms with E-state index in [2.05, 4.69) is 10.2 Å². The Morgan fingerprint density at radius 2 is 1.07 bits per heavy atom. The van der Waals surface area contributed by atoms with Crippen LogP contribution in [0.3, 0.4) is 0 Å². The van der Waals surface area contributed by atoms with Gasteiger partial charge in [0.05, 0.1) is 24.6 Å². The maximum atomic E-state index is 12.6. The zero-order chi connectivity index (χ0) is 21.7. The van der Waals surface area contributed by atoms with E-state index in [4.69, 9.17) is 32.7 Å². The lowest BCUT2D eigenvalue weighted by Crippen LogP contribution is -2.47. The largest absolute Gasteiger partial charge is 0.460 e. The fraction of sp³-hybridized carbons (Fsp3) is 0.200. The number of halogens is 2. The minimum absolute atomic E-state index is 0.137. The second-order valence-corrected chi connectivity index (χ2v) is 6.74. The molecule has 0 fully saturated rings. The van der Waals surface area contributed by atoms with E-state index in [-0.39, 0.29) is 24.9 Å². The van der Waals surface area contributed by atoms with E-state index in [1.54, 1.807) is 62.4 Å². The van der Waals surface area contributed by atoms with Crippen LogP contribution in [0.25, 0.3) is 0 Å². The van der Waals surface area contributed by atoms with E-state index < -0.39 is 11.9 Å². The molecule has 0 saturated carbocycles. The minimum Gasteiger partial charge on any atom is -0.460 e. The minimum atomic E-state index is -0.710. The number of rotatable bonds is 6. The van der Waals surface area contributed by atoms with E-state index in [1.165, 1.54) is 10.0 Å². The van der Waals surface area contributed by atoms with Gasteiger partial charge >= 0.3 is 11.9 Å². The summed E-state index contributed by atoms with van der Waals surface area (Å²) in [6.07, 6.45) is 0.